The van der Waals surface area contributed by atoms with E-state index in [4.69, 9.17) is 22.1 Å². The van der Waals surface area contributed by atoms with Gasteiger partial charge in [0.1, 0.15) is 16.9 Å². The number of carbonyl (C=O) groups excluding carboxylic acids is 2. The van der Waals surface area contributed by atoms with Crippen molar-refractivity contribution in [1.29, 1.82) is 0 Å². The molecule has 8 nitrogen and oxygen atoms in total. The van der Waals surface area contributed by atoms with Gasteiger partial charge in [0.25, 0.3) is 5.91 Å². The Morgan fingerprint density at radius 3 is 2.65 bits per heavy atom. The van der Waals surface area contributed by atoms with E-state index in [-0.39, 0.29) is 5.92 Å². The van der Waals surface area contributed by atoms with Gasteiger partial charge in [0, 0.05) is 24.7 Å². The van der Waals surface area contributed by atoms with Gasteiger partial charge in [-0.05, 0) is 81.1 Å². The lowest BCUT2D eigenvalue weighted by molar-refractivity contribution is 0.0523. The Labute approximate surface area is 244 Å². The highest BCUT2D eigenvalue weighted by Gasteiger charge is 2.20. The fourth-order valence-corrected chi connectivity index (χ4v) is 5.94. The van der Waals surface area contributed by atoms with Crippen LogP contribution in [0.25, 0.3) is 16.0 Å². The SMILES string of the molecule is CC(Cc1cc(-n2cnc3ccc(CN(C)CCNC(=O)OC(C)(C)C)cc32)sc1C(N)=O)c1ccccc1Cl. The Morgan fingerprint density at radius 2 is 1.95 bits per heavy atom. The Balaban J connectivity index is 1.50. The molecular formula is C30H36ClN5O3S. The molecule has 2 heterocycles. The molecule has 4 rings (SSSR count). The van der Waals surface area contributed by atoms with Gasteiger partial charge in [0.15, 0.2) is 0 Å². The van der Waals surface area contributed by atoms with Crippen LogP contribution in [0.15, 0.2) is 54.9 Å². The van der Waals surface area contributed by atoms with Crippen LogP contribution in [-0.4, -0.2) is 52.2 Å². The number of imidazole rings is 1. The summed E-state index contributed by atoms with van der Waals surface area (Å²) in [5, 5.41) is 4.39. The lowest BCUT2D eigenvalue weighted by Crippen LogP contribution is -2.36. The summed E-state index contributed by atoms with van der Waals surface area (Å²) in [5.74, 6) is -0.329. The van der Waals surface area contributed by atoms with Gasteiger partial charge in [-0.25, -0.2) is 9.78 Å². The van der Waals surface area contributed by atoms with Crippen molar-refractivity contribution in [3.63, 3.8) is 0 Å². The molecular weight excluding hydrogens is 546 g/mol. The zero-order valence-electron chi connectivity index (χ0n) is 23.5. The first-order valence-electron chi connectivity index (χ1n) is 13.2. The van der Waals surface area contributed by atoms with E-state index >= 15 is 0 Å². The highest BCUT2D eigenvalue weighted by atomic mass is 35.5. The molecule has 3 N–H and O–H groups in total. The van der Waals surface area contributed by atoms with Gasteiger partial charge in [-0.1, -0.05) is 42.8 Å². The highest BCUT2D eigenvalue weighted by molar-refractivity contribution is 7.16. The van der Waals surface area contributed by atoms with Crippen LogP contribution in [0.1, 0.15) is 60.0 Å². The molecule has 1 atom stereocenters. The van der Waals surface area contributed by atoms with Crippen molar-refractivity contribution in [1.82, 2.24) is 19.8 Å². The molecule has 0 fully saturated rings. The van der Waals surface area contributed by atoms with E-state index in [1.165, 1.54) is 11.3 Å². The molecule has 2 aromatic carbocycles. The molecule has 0 aliphatic heterocycles. The molecule has 10 heteroatoms. The molecule has 0 radical (unpaired) electrons. The lowest BCUT2D eigenvalue weighted by Gasteiger charge is -2.21. The lowest BCUT2D eigenvalue weighted by atomic mass is 9.94. The number of amides is 2. The number of nitrogens with zero attached hydrogens (tertiary/aromatic N) is 3. The van der Waals surface area contributed by atoms with Gasteiger partial charge >= 0.3 is 6.09 Å². The minimum Gasteiger partial charge on any atom is -0.444 e. The average molecular weight is 582 g/mol. The molecule has 2 amide bonds. The molecule has 0 aliphatic carbocycles. The molecule has 2 aromatic heterocycles. The number of ether oxygens (including phenoxy) is 1. The number of fused-ring (bicyclic) bond motifs is 1. The summed E-state index contributed by atoms with van der Waals surface area (Å²) in [5.41, 5.74) is 10.1. The number of hydrogen-bond donors (Lipinski definition) is 2. The fraction of sp³-hybridized carbons (Fsp3) is 0.367. The van der Waals surface area contributed by atoms with Crippen LogP contribution in [0.2, 0.25) is 5.02 Å². The van der Waals surface area contributed by atoms with Gasteiger partial charge in [0.05, 0.1) is 15.9 Å². The number of likely N-dealkylation sites (N-methyl/N-ethyl adjacent to an activating group) is 1. The molecule has 0 bridgehead atoms. The molecule has 0 aliphatic rings. The summed E-state index contributed by atoms with van der Waals surface area (Å²) in [6.45, 7) is 9.45. The third kappa shape index (κ3) is 7.41. The number of halogens is 1. The number of nitrogens with one attached hydrogen (secondary N) is 1. The average Bonchev–Trinajstić information content (AvgIpc) is 3.47. The predicted molar refractivity (Wildman–Crippen MR) is 162 cm³/mol. The van der Waals surface area contributed by atoms with E-state index in [0.29, 0.717) is 36.0 Å². The minimum atomic E-state index is -0.524. The summed E-state index contributed by atoms with van der Waals surface area (Å²) in [6, 6.07) is 16.0. The molecule has 0 spiro atoms. The number of benzene rings is 2. The van der Waals surface area contributed by atoms with E-state index < -0.39 is 17.6 Å². The Kier molecular flexibility index (Phi) is 9.18. The third-order valence-electron chi connectivity index (χ3n) is 6.45. The van der Waals surface area contributed by atoms with Gasteiger partial charge in [-0.3, -0.25) is 9.36 Å². The second-order valence-corrected chi connectivity index (χ2v) is 12.5. The van der Waals surface area contributed by atoms with Crippen molar-refractivity contribution < 1.29 is 14.3 Å². The van der Waals surface area contributed by atoms with Crippen LogP contribution in [0.4, 0.5) is 4.79 Å². The van der Waals surface area contributed by atoms with E-state index in [0.717, 1.165) is 32.7 Å². The topological polar surface area (TPSA) is 102 Å². The standard InChI is InChI=1S/C30H36ClN5O3S/c1-19(22-8-6-7-9-23(22)31)14-21-16-26(40-27(21)28(32)37)36-18-34-24-11-10-20(15-25(24)36)17-35(5)13-12-33-29(38)39-30(2,3)4/h6-11,15-16,18-19H,12-14,17H2,1-5H3,(H2,32,37)(H,33,38). The molecule has 40 heavy (non-hydrogen) atoms. The van der Waals surface area contributed by atoms with Gasteiger partial charge < -0.3 is 20.7 Å². The normalized spacial score (nSPS) is 12.6. The van der Waals surface area contributed by atoms with Crippen LogP contribution in [0.3, 0.4) is 0 Å². The third-order valence-corrected chi connectivity index (χ3v) is 7.98. The Hall–Kier alpha value is -3.40. The highest BCUT2D eigenvalue weighted by Crippen LogP contribution is 2.34. The van der Waals surface area contributed by atoms with E-state index in [9.17, 15) is 9.59 Å². The first-order valence-corrected chi connectivity index (χ1v) is 14.4. The number of alkyl carbamates (subject to hydrolysis) is 1. The van der Waals surface area contributed by atoms with Crippen molar-refractivity contribution in [3.8, 4) is 5.00 Å². The summed E-state index contributed by atoms with van der Waals surface area (Å²) in [6.07, 6.45) is 2.00. The molecule has 212 valence electrons. The number of aromatic nitrogens is 2. The number of primary amides is 1. The maximum Gasteiger partial charge on any atom is 0.407 e. The largest absolute Gasteiger partial charge is 0.444 e. The van der Waals surface area contributed by atoms with Gasteiger partial charge in [-0.15, -0.1) is 11.3 Å². The Morgan fingerprint density at radius 1 is 1.20 bits per heavy atom. The molecule has 4 aromatic rings. The van der Waals surface area contributed by atoms with Crippen LogP contribution in [0.5, 0.6) is 0 Å². The summed E-state index contributed by atoms with van der Waals surface area (Å²) in [7, 11) is 2.00. The summed E-state index contributed by atoms with van der Waals surface area (Å²) in [4.78, 5) is 31.5. The monoisotopic (exact) mass is 581 g/mol. The van der Waals surface area contributed by atoms with E-state index in [1.807, 2.05) is 68.8 Å². The predicted octanol–water partition coefficient (Wildman–Crippen LogP) is 6.14. The molecule has 0 saturated carbocycles. The maximum atomic E-state index is 12.4. The summed E-state index contributed by atoms with van der Waals surface area (Å²) < 4.78 is 7.30. The zero-order valence-corrected chi connectivity index (χ0v) is 25.1. The smallest absolute Gasteiger partial charge is 0.407 e. The van der Waals surface area contributed by atoms with Gasteiger partial charge in [0.2, 0.25) is 0 Å². The molecule has 0 saturated heterocycles. The van der Waals surface area contributed by atoms with Crippen molar-refractivity contribution in [3.05, 3.63) is 81.4 Å². The summed E-state index contributed by atoms with van der Waals surface area (Å²) >= 11 is 7.80. The second kappa shape index (κ2) is 12.4. The van der Waals surface area contributed by atoms with Crippen molar-refractivity contribution >= 4 is 46.0 Å². The van der Waals surface area contributed by atoms with Gasteiger partial charge in [-0.2, -0.15) is 0 Å². The maximum absolute atomic E-state index is 12.4. The molecule has 1 unspecified atom stereocenters. The zero-order chi connectivity index (χ0) is 29.0. The van der Waals surface area contributed by atoms with Crippen molar-refractivity contribution in [2.24, 2.45) is 5.73 Å². The van der Waals surface area contributed by atoms with Crippen LogP contribution in [0, 0.1) is 0 Å². The van der Waals surface area contributed by atoms with Crippen molar-refractivity contribution in [2.45, 2.75) is 52.2 Å². The van der Waals surface area contributed by atoms with Crippen LogP contribution < -0.4 is 11.1 Å². The number of hydrogen-bond acceptors (Lipinski definition) is 6. The van der Waals surface area contributed by atoms with Crippen LogP contribution >= 0.6 is 22.9 Å². The number of thiophene rings is 1. The van der Waals surface area contributed by atoms with E-state index in [1.54, 1.807) is 6.33 Å². The first-order chi connectivity index (χ1) is 18.9. The Bertz CT molecular complexity index is 1510. The number of nitrogens with two attached hydrogens (primary N) is 1. The van der Waals surface area contributed by atoms with Crippen molar-refractivity contribution in [2.75, 3.05) is 20.1 Å². The first kappa shape index (κ1) is 29.6. The van der Waals surface area contributed by atoms with E-state index in [2.05, 4.69) is 34.3 Å². The fourth-order valence-electron chi connectivity index (χ4n) is 4.59. The van der Waals surface area contributed by atoms with Crippen LogP contribution in [-0.2, 0) is 17.7 Å². The number of rotatable bonds is 10. The second-order valence-electron chi connectivity index (χ2n) is 11.0. The number of carbonyl (C=O) groups is 2. The minimum absolute atomic E-state index is 0.112. The quantitative estimate of drug-likeness (QED) is 0.234.